The molecular weight excluding hydrogens is 252 g/mol. The lowest BCUT2D eigenvalue weighted by atomic mass is 10.2. The highest BCUT2D eigenvalue weighted by molar-refractivity contribution is 8.14. The molecule has 1 aromatic rings. The van der Waals surface area contributed by atoms with E-state index in [1.165, 1.54) is 23.9 Å². The van der Waals surface area contributed by atoms with Gasteiger partial charge in [0.25, 0.3) is 5.91 Å². The fraction of sp³-hybridized carbons (Fsp3) is 0.333. The van der Waals surface area contributed by atoms with Gasteiger partial charge in [-0.15, -0.1) is 11.8 Å². The molecule has 0 saturated heterocycles. The highest BCUT2D eigenvalue weighted by Crippen LogP contribution is 2.25. The predicted molar refractivity (Wildman–Crippen MR) is 70.7 cm³/mol. The number of nitrogens with zero attached hydrogens (tertiary/aromatic N) is 2. The van der Waals surface area contributed by atoms with Crippen molar-refractivity contribution in [1.82, 2.24) is 5.06 Å². The van der Waals surface area contributed by atoms with Crippen molar-refractivity contribution in [3.05, 3.63) is 29.8 Å². The number of aliphatic imine (C=N–C) groups is 1. The molecule has 2 rings (SSSR count). The largest absolute Gasteiger partial charge is 0.508 e. The van der Waals surface area contributed by atoms with Gasteiger partial charge in [-0.25, -0.2) is 5.06 Å². The van der Waals surface area contributed by atoms with Crippen LogP contribution >= 0.6 is 11.8 Å². The van der Waals surface area contributed by atoms with E-state index in [-0.39, 0.29) is 11.7 Å². The van der Waals surface area contributed by atoms with Crippen LogP contribution in [0.15, 0.2) is 29.3 Å². The molecule has 1 aromatic carbocycles. The molecule has 1 aliphatic heterocycles. The number of likely N-dealkylation sites (N-methyl/N-ethyl adjacent to an activating group) is 1. The lowest BCUT2D eigenvalue weighted by molar-refractivity contribution is -0.169. The van der Waals surface area contributed by atoms with E-state index in [1.54, 1.807) is 31.3 Å². The van der Waals surface area contributed by atoms with Crippen LogP contribution in [0, 0.1) is 0 Å². The molecule has 5 nitrogen and oxygen atoms in total. The maximum atomic E-state index is 11.8. The summed E-state index contributed by atoms with van der Waals surface area (Å²) < 4.78 is 0. The highest BCUT2D eigenvalue weighted by atomic mass is 32.2. The molecular formula is C12H14N2O3S. The van der Waals surface area contributed by atoms with Gasteiger partial charge in [0.2, 0.25) is 0 Å². The van der Waals surface area contributed by atoms with Gasteiger partial charge in [0.1, 0.15) is 11.8 Å². The quantitative estimate of drug-likeness (QED) is 0.837. The predicted octanol–water partition coefficient (Wildman–Crippen LogP) is 1.27. The van der Waals surface area contributed by atoms with Crippen molar-refractivity contribution in [2.24, 2.45) is 4.99 Å². The molecule has 1 heterocycles. The van der Waals surface area contributed by atoms with Crippen molar-refractivity contribution in [3.8, 4) is 5.75 Å². The Morgan fingerprint density at radius 3 is 2.78 bits per heavy atom. The Labute approximate surface area is 109 Å². The standard InChI is InChI=1S/C12H14N2O3S/c1-14(17-2)12(16)10-7-18-11(13-10)8-3-5-9(15)6-4-8/h3-6,10,15H,7H2,1-2H3. The molecule has 1 aliphatic rings. The fourth-order valence-electron chi connectivity index (χ4n) is 1.56. The number of thioether (sulfide) groups is 1. The monoisotopic (exact) mass is 266 g/mol. The first-order valence-electron chi connectivity index (χ1n) is 5.43. The Balaban J connectivity index is 2.13. The zero-order valence-corrected chi connectivity index (χ0v) is 11.0. The number of phenols is 1. The smallest absolute Gasteiger partial charge is 0.271 e. The van der Waals surface area contributed by atoms with E-state index in [0.717, 1.165) is 10.6 Å². The Bertz CT molecular complexity index is 473. The molecule has 1 N–H and O–H groups in total. The Morgan fingerprint density at radius 2 is 2.17 bits per heavy atom. The molecule has 0 fully saturated rings. The van der Waals surface area contributed by atoms with Gasteiger partial charge in [-0.05, 0) is 24.3 Å². The van der Waals surface area contributed by atoms with Crippen LogP contribution in [0.1, 0.15) is 5.56 Å². The number of carbonyl (C=O) groups excluding carboxylic acids is 1. The van der Waals surface area contributed by atoms with E-state index in [1.807, 2.05) is 0 Å². The third-order valence-electron chi connectivity index (χ3n) is 2.63. The van der Waals surface area contributed by atoms with E-state index < -0.39 is 6.04 Å². The average molecular weight is 266 g/mol. The summed E-state index contributed by atoms with van der Waals surface area (Å²) in [6.07, 6.45) is 0. The highest BCUT2D eigenvalue weighted by Gasteiger charge is 2.28. The lowest BCUT2D eigenvalue weighted by Gasteiger charge is -2.15. The molecule has 0 saturated carbocycles. The molecule has 0 aromatic heterocycles. The number of benzene rings is 1. The van der Waals surface area contributed by atoms with Crippen molar-refractivity contribution in [2.75, 3.05) is 19.9 Å². The van der Waals surface area contributed by atoms with Crippen LogP contribution in [-0.2, 0) is 9.63 Å². The van der Waals surface area contributed by atoms with Gasteiger partial charge in [-0.3, -0.25) is 14.6 Å². The molecule has 0 spiro atoms. The summed E-state index contributed by atoms with van der Waals surface area (Å²) in [5.41, 5.74) is 0.910. The van der Waals surface area contributed by atoms with Crippen molar-refractivity contribution in [1.29, 1.82) is 0 Å². The zero-order valence-electron chi connectivity index (χ0n) is 10.2. The topological polar surface area (TPSA) is 62.1 Å². The minimum Gasteiger partial charge on any atom is -0.508 e. The Morgan fingerprint density at radius 1 is 1.50 bits per heavy atom. The van der Waals surface area contributed by atoms with Crippen LogP contribution in [0.4, 0.5) is 0 Å². The van der Waals surface area contributed by atoms with Crippen molar-refractivity contribution >= 4 is 22.7 Å². The number of aromatic hydroxyl groups is 1. The van der Waals surface area contributed by atoms with E-state index in [0.29, 0.717) is 5.75 Å². The number of phenolic OH excluding ortho intramolecular Hbond substituents is 1. The summed E-state index contributed by atoms with van der Waals surface area (Å²) in [5, 5.41) is 11.2. The van der Waals surface area contributed by atoms with Crippen molar-refractivity contribution in [3.63, 3.8) is 0 Å². The minimum absolute atomic E-state index is 0.154. The maximum absolute atomic E-state index is 11.8. The van der Waals surface area contributed by atoms with Crippen LogP contribution in [0.3, 0.4) is 0 Å². The number of hydroxylamine groups is 2. The second kappa shape index (κ2) is 5.41. The molecule has 0 radical (unpaired) electrons. The van der Waals surface area contributed by atoms with E-state index in [4.69, 9.17) is 4.84 Å². The molecule has 1 atom stereocenters. The normalized spacial score (nSPS) is 18.6. The molecule has 1 unspecified atom stereocenters. The van der Waals surface area contributed by atoms with Gasteiger partial charge in [0.05, 0.1) is 12.2 Å². The maximum Gasteiger partial charge on any atom is 0.271 e. The van der Waals surface area contributed by atoms with Crippen LogP contribution in [0.2, 0.25) is 0 Å². The summed E-state index contributed by atoms with van der Waals surface area (Å²) in [6, 6.07) is 6.38. The van der Waals surface area contributed by atoms with E-state index in [9.17, 15) is 9.90 Å². The summed E-state index contributed by atoms with van der Waals surface area (Å²) in [6.45, 7) is 0. The van der Waals surface area contributed by atoms with E-state index >= 15 is 0 Å². The van der Waals surface area contributed by atoms with Crippen LogP contribution in [0.25, 0.3) is 0 Å². The second-order valence-electron chi connectivity index (χ2n) is 3.83. The SMILES string of the molecule is CON(C)C(=O)C1CSC(c2ccc(O)cc2)=N1. The van der Waals surface area contributed by atoms with Gasteiger partial charge < -0.3 is 5.11 Å². The average Bonchev–Trinajstić information content (AvgIpc) is 2.87. The first-order chi connectivity index (χ1) is 8.61. The van der Waals surface area contributed by atoms with Gasteiger partial charge in [0, 0.05) is 18.4 Å². The number of hydrogen-bond donors (Lipinski definition) is 1. The molecule has 96 valence electrons. The first kappa shape index (κ1) is 12.9. The number of hydrogen-bond acceptors (Lipinski definition) is 5. The van der Waals surface area contributed by atoms with E-state index in [2.05, 4.69) is 4.99 Å². The molecule has 6 heteroatoms. The third-order valence-corrected chi connectivity index (χ3v) is 3.73. The fourth-order valence-corrected chi connectivity index (χ4v) is 2.60. The zero-order chi connectivity index (χ0) is 13.1. The Kier molecular flexibility index (Phi) is 3.88. The van der Waals surface area contributed by atoms with Gasteiger partial charge in [-0.1, -0.05) is 0 Å². The summed E-state index contributed by atoms with van der Waals surface area (Å²) >= 11 is 1.53. The van der Waals surface area contributed by atoms with Crippen LogP contribution < -0.4 is 0 Å². The van der Waals surface area contributed by atoms with Crippen LogP contribution in [-0.4, -0.2) is 47.1 Å². The van der Waals surface area contributed by atoms with Gasteiger partial charge in [0.15, 0.2) is 0 Å². The number of carbonyl (C=O) groups is 1. The first-order valence-corrected chi connectivity index (χ1v) is 6.42. The molecule has 1 amide bonds. The van der Waals surface area contributed by atoms with Gasteiger partial charge in [-0.2, -0.15) is 0 Å². The summed E-state index contributed by atoms with van der Waals surface area (Å²) in [4.78, 5) is 21.1. The van der Waals surface area contributed by atoms with Gasteiger partial charge >= 0.3 is 0 Å². The second-order valence-corrected chi connectivity index (χ2v) is 4.83. The summed E-state index contributed by atoms with van der Waals surface area (Å²) in [5.74, 6) is 0.677. The molecule has 0 bridgehead atoms. The lowest BCUT2D eigenvalue weighted by Crippen LogP contribution is -2.34. The molecule has 0 aliphatic carbocycles. The molecule has 18 heavy (non-hydrogen) atoms. The number of rotatable bonds is 3. The van der Waals surface area contributed by atoms with Crippen molar-refractivity contribution < 1.29 is 14.7 Å². The Hall–Kier alpha value is -1.53. The minimum atomic E-state index is -0.399. The van der Waals surface area contributed by atoms with Crippen molar-refractivity contribution in [2.45, 2.75) is 6.04 Å². The number of amides is 1. The van der Waals surface area contributed by atoms with Crippen LogP contribution in [0.5, 0.6) is 5.75 Å². The third kappa shape index (κ3) is 2.65. The summed E-state index contributed by atoms with van der Waals surface area (Å²) in [7, 11) is 3.02.